The maximum absolute atomic E-state index is 10.7. The largest absolute Gasteiger partial charge is 0.510 e. The number of aliphatic hydroxyl groups is 1. The molecule has 0 atom stereocenters. The molecule has 0 fully saturated rings. The number of carbonyl (C=O) groups excluding carboxylic acids is 1. The van der Waals surface area contributed by atoms with Gasteiger partial charge in [-0.1, -0.05) is 0 Å². The first-order valence-electron chi connectivity index (χ1n) is 3.58. The molecule has 0 radical (unpaired) electrons. The summed E-state index contributed by atoms with van der Waals surface area (Å²) in [7, 11) is 1.01. The van der Waals surface area contributed by atoms with E-state index in [0.717, 1.165) is 7.11 Å². The molecule has 0 amide bonds. The summed E-state index contributed by atoms with van der Waals surface area (Å²) in [6.45, 7) is 0. The lowest BCUT2D eigenvalue weighted by Gasteiger charge is -2.00. The minimum atomic E-state index is -1.16. The van der Waals surface area contributed by atoms with Crippen LogP contribution in [-0.4, -0.2) is 29.3 Å². The average Bonchev–Trinajstić information content (AvgIpc) is 2.15. The Kier molecular flexibility index (Phi) is 4.90. The van der Waals surface area contributed by atoms with E-state index >= 15 is 0 Å². The standard InChI is InChI=1S/C7H9NO6/c1-14-7(12)6(8-13)4(9)2-3-5(10)11/h9H,2-3H2,1H3,(H,10,11). The molecule has 78 valence electrons. The fourth-order valence-corrected chi connectivity index (χ4v) is 0.648. The van der Waals surface area contributed by atoms with E-state index < -0.39 is 29.8 Å². The Bertz CT molecular complexity index is 282. The summed E-state index contributed by atoms with van der Waals surface area (Å²) < 4.78 is 4.13. The Morgan fingerprint density at radius 3 is 2.21 bits per heavy atom. The van der Waals surface area contributed by atoms with Crippen LogP contribution in [0, 0.1) is 4.91 Å². The van der Waals surface area contributed by atoms with Crippen molar-refractivity contribution in [2.45, 2.75) is 12.8 Å². The minimum absolute atomic E-state index is 0.342. The first-order valence-corrected chi connectivity index (χ1v) is 3.58. The van der Waals surface area contributed by atoms with Gasteiger partial charge in [-0.15, -0.1) is 4.91 Å². The number of carbonyl (C=O) groups is 2. The monoisotopic (exact) mass is 203 g/mol. The zero-order valence-corrected chi connectivity index (χ0v) is 7.39. The van der Waals surface area contributed by atoms with Crippen molar-refractivity contribution >= 4 is 11.9 Å². The van der Waals surface area contributed by atoms with Gasteiger partial charge in [0.15, 0.2) is 0 Å². The maximum atomic E-state index is 10.7. The van der Waals surface area contributed by atoms with Crippen LogP contribution in [0.1, 0.15) is 12.8 Å². The molecule has 0 saturated heterocycles. The third kappa shape index (κ3) is 3.65. The Labute approximate surface area is 79.0 Å². The summed E-state index contributed by atoms with van der Waals surface area (Å²) >= 11 is 0. The van der Waals surface area contributed by atoms with Crippen molar-refractivity contribution in [3.63, 3.8) is 0 Å². The van der Waals surface area contributed by atoms with E-state index in [4.69, 9.17) is 10.2 Å². The van der Waals surface area contributed by atoms with Gasteiger partial charge >= 0.3 is 11.9 Å². The number of nitrogens with zero attached hydrogens (tertiary/aromatic N) is 1. The molecule has 0 aliphatic carbocycles. The third-order valence-electron chi connectivity index (χ3n) is 1.32. The van der Waals surface area contributed by atoms with E-state index in [9.17, 15) is 14.5 Å². The van der Waals surface area contributed by atoms with Crippen LogP contribution in [0.5, 0.6) is 0 Å². The van der Waals surface area contributed by atoms with Gasteiger partial charge in [0.1, 0.15) is 5.76 Å². The predicted molar refractivity (Wildman–Crippen MR) is 44.3 cm³/mol. The van der Waals surface area contributed by atoms with Gasteiger partial charge in [-0.25, -0.2) is 4.79 Å². The highest BCUT2D eigenvalue weighted by atomic mass is 16.5. The number of carboxylic acids is 1. The summed E-state index contributed by atoms with van der Waals surface area (Å²) in [5.41, 5.74) is -0.797. The number of aliphatic carboxylic acids is 1. The number of rotatable bonds is 5. The van der Waals surface area contributed by atoms with E-state index in [-0.39, 0.29) is 6.42 Å². The van der Waals surface area contributed by atoms with Crippen molar-refractivity contribution in [1.29, 1.82) is 0 Å². The van der Waals surface area contributed by atoms with E-state index in [0.29, 0.717) is 0 Å². The molecule has 2 N–H and O–H groups in total. The molecule has 0 rings (SSSR count). The number of ether oxygens (including phenoxy) is 1. The number of carboxylic acid groups (broad SMARTS) is 1. The van der Waals surface area contributed by atoms with Crippen LogP contribution in [0.25, 0.3) is 0 Å². The smallest absolute Gasteiger partial charge is 0.363 e. The molecule has 0 spiro atoms. The molecule has 0 bridgehead atoms. The summed E-state index contributed by atoms with van der Waals surface area (Å²) in [5, 5.41) is 19.6. The quantitative estimate of drug-likeness (QED) is 0.292. The molecule has 0 aromatic rings. The van der Waals surface area contributed by atoms with E-state index in [1.54, 1.807) is 0 Å². The Morgan fingerprint density at radius 1 is 1.29 bits per heavy atom. The third-order valence-corrected chi connectivity index (χ3v) is 1.32. The molecule has 0 heterocycles. The summed E-state index contributed by atoms with van der Waals surface area (Å²) in [4.78, 5) is 30.9. The highest BCUT2D eigenvalue weighted by Gasteiger charge is 2.17. The molecule has 0 aliphatic heterocycles. The van der Waals surface area contributed by atoms with Crippen LogP contribution in [0.2, 0.25) is 0 Å². The number of hydrogen-bond donors (Lipinski definition) is 2. The van der Waals surface area contributed by atoms with Crippen LogP contribution in [-0.2, 0) is 14.3 Å². The normalized spacial score (nSPS) is 11.5. The molecule has 14 heavy (non-hydrogen) atoms. The molecular formula is C7H9NO6. The number of nitroso groups, excluding NO2 is 1. The Balaban J connectivity index is 4.58. The number of esters is 1. The lowest BCUT2D eigenvalue weighted by atomic mass is 10.2. The second-order valence-electron chi connectivity index (χ2n) is 2.27. The first-order chi connectivity index (χ1) is 6.52. The minimum Gasteiger partial charge on any atom is -0.510 e. The highest BCUT2D eigenvalue weighted by molar-refractivity contribution is 5.88. The van der Waals surface area contributed by atoms with Gasteiger partial charge in [0.05, 0.1) is 13.5 Å². The van der Waals surface area contributed by atoms with Crippen molar-refractivity contribution < 1.29 is 24.5 Å². The summed E-state index contributed by atoms with van der Waals surface area (Å²) in [6, 6.07) is 0. The topological polar surface area (TPSA) is 113 Å². The van der Waals surface area contributed by atoms with Gasteiger partial charge in [0.2, 0.25) is 5.70 Å². The van der Waals surface area contributed by atoms with Crippen molar-refractivity contribution in [1.82, 2.24) is 0 Å². The van der Waals surface area contributed by atoms with E-state index in [1.165, 1.54) is 0 Å². The maximum Gasteiger partial charge on any atom is 0.363 e. The SMILES string of the molecule is COC(=O)C(N=O)=C(O)CCC(=O)O. The van der Waals surface area contributed by atoms with E-state index in [1.807, 2.05) is 0 Å². The van der Waals surface area contributed by atoms with Gasteiger partial charge in [0, 0.05) is 6.42 Å². The van der Waals surface area contributed by atoms with Crippen molar-refractivity contribution in [2.24, 2.45) is 5.18 Å². The van der Waals surface area contributed by atoms with Crippen molar-refractivity contribution in [3.05, 3.63) is 16.4 Å². The van der Waals surface area contributed by atoms with Gasteiger partial charge in [-0.05, 0) is 5.18 Å². The lowest BCUT2D eigenvalue weighted by Crippen LogP contribution is -2.07. The fraction of sp³-hybridized carbons (Fsp3) is 0.429. The second kappa shape index (κ2) is 5.68. The van der Waals surface area contributed by atoms with Gasteiger partial charge in [-0.2, -0.15) is 0 Å². The molecule has 0 aliphatic rings. The van der Waals surface area contributed by atoms with Gasteiger partial charge in [0.25, 0.3) is 0 Å². The average molecular weight is 203 g/mol. The Morgan fingerprint density at radius 2 is 1.86 bits per heavy atom. The zero-order chi connectivity index (χ0) is 11.1. The van der Waals surface area contributed by atoms with E-state index in [2.05, 4.69) is 9.91 Å². The number of allylic oxidation sites excluding steroid dienone is 1. The summed E-state index contributed by atoms with van der Waals surface area (Å²) in [5.74, 6) is -2.94. The van der Waals surface area contributed by atoms with Crippen molar-refractivity contribution in [2.75, 3.05) is 7.11 Å². The molecule has 0 unspecified atom stereocenters. The molecule has 7 nitrogen and oxygen atoms in total. The van der Waals surface area contributed by atoms with Crippen LogP contribution in [0.3, 0.4) is 0 Å². The molecular weight excluding hydrogens is 194 g/mol. The second-order valence-corrected chi connectivity index (χ2v) is 2.27. The van der Waals surface area contributed by atoms with Crippen LogP contribution in [0.15, 0.2) is 16.6 Å². The van der Waals surface area contributed by atoms with Crippen molar-refractivity contribution in [3.8, 4) is 0 Å². The molecule has 0 aromatic carbocycles. The van der Waals surface area contributed by atoms with Gasteiger partial charge < -0.3 is 14.9 Å². The predicted octanol–water partition coefficient (Wildman–Crippen LogP) is 0.560. The van der Waals surface area contributed by atoms with Crippen LogP contribution >= 0.6 is 0 Å². The summed E-state index contributed by atoms with van der Waals surface area (Å²) in [6.07, 6.45) is -0.743. The number of aliphatic hydroxyl groups excluding tert-OH is 1. The van der Waals surface area contributed by atoms with Crippen LogP contribution < -0.4 is 0 Å². The zero-order valence-electron chi connectivity index (χ0n) is 7.39. The number of methoxy groups -OCH3 is 1. The first kappa shape index (κ1) is 12.1. The molecule has 0 saturated carbocycles. The van der Waals surface area contributed by atoms with Crippen LogP contribution in [0.4, 0.5) is 0 Å². The molecule has 0 aromatic heterocycles. The lowest BCUT2D eigenvalue weighted by molar-refractivity contribution is -0.138. The fourth-order valence-electron chi connectivity index (χ4n) is 0.648. The number of hydrogen-bond acceptors (Lipinski definition) is 6. The highest BCUT2D eigenvalue weighted by Crippen LogP contribution is 2.10. The van der Waals surface area contributed by atoms with Gasteiger partial charge in [-0.3, -0.25) is 4.79 Å². The molecule has 7 heteroatoms. The Hall–Kier alpha value is -1.92.